The van der Waals surface area contributed by atoms with Crippen LogP contribution in [0.15, 0.2) is 12.1 Å². The van der Waals surface area contributed by atoms with Crippen molar-refractivity contribution in [1.82, 2.24) is 9.80 Å². The molecular formula is C16H25ClN2O2. The second kappa shape index (κ2) is 7.34. The summed E-state index contributed by atoms with van der Waals surface area (Å²) in [6, 6.07) is 4.31. The van der Waals surface area contributed by atoms with Gasteiger partial charge in [-0.25, -0.2) is 0 Å². The van der Waals surface area contributed by atoms with Crippen molar-refractivity contribution in [2.24, 2.45) is 0 Å². The summed E-state index contributed by atoms with van der Waals surface area (Å²) in [5.74, 6) is 0.445. The number of halogens is 1. The fraction of sp³-hybridized carbons (Fsp3) is 0.625. The normalized spacial score (nSPS) is 19.4. The lowest BCUT2D eigenvalue weighted by molar-refractivity contribution is 0.194. The third-order valence-corrected chi connectivity index (χ3v) is 4.48. The maximum absolute atomic E-state index is 9.78. The van der Waals surface area contributed by atoms with Gasteiger partial charge in [0.1, 0.15) is 0 Å². The molecule has 1 aromatic carbocycles. The van der Waals surface area contributed by atoms with Crippen molar-refractivity contribution in [3.05, 3.63) is 22.7 Å². The van der Waals surface area contributed by atoms with Crippen molar-refractivity contribution in [2.45, 2.75) is 32.4 Å². The SMILES string of the molecule is CCN1CCCC1CN(C)Cc1cc(Cl)c(O)c(OC)c1. The van der Waals surface area contributed by atoms with Crippen LogP contribution in [-0.4, -0.2) is 54.7 Å². The molecular weight excluding hydrogens is 288 g/mol. The van der Waals surface area contributed by atoms with Crippen molar-refractivity contribution < 1.29 is 9.84 Å². The van der Waals surface area contributed by atoms with E-state index in [1.54, 1.807) is 0 Å². The van der Waals surface area contributed by atoms with Crippen molar-refractivity contribution in [3.63, 3.8) is 0 Å². The van der Waals surface area contributed by atoms with E-state index in [1.165, 1.54) is 26.5 Å². The van der Waals surface area contributed by atoms with E-state index in [9.17, 15) is 5.11 Å². The molecule has 1 fully saturated rings. The van der Waals surface area contributed by atoms with E-state index in [2.05, 4.69) is 23.8 Å². The number of benzene rings is 1. The van der Waals surface area contributed by atoms with Crippen LogP contribution >= 0.6 is 11.6 Å². The first kappa shape index (κ1) is 16.4. The van der Waals surface area contributed by atoms with Gasteiger partial charge in [0.2, 0.25) is 0 Å². The van der Waals surface area contributed by atoms with Crippen LogP contribution in [0.2, 0.25) is 5.02 Å². The van der Waals surface area contributed by atoms with Crippen molar-refractivity contribution in [3.8, 4) is 11.5 Å². The third-order valence-electron chi connectivity index (χ3n) is 4.19. The summed E-state index contributed by atoms with van der Waals surface area (Å²) in [6.45, 7) is 6.41. The molecule has 0 saturated carbocycles. The minimum Gasteiger partial charge on any atom is -0.503 e. The second-order valence-corrected chi connectivity index (χ2v) is 6.16. The van der Waals surface area contributed by atoms with Crippen molar-refractivity contribution >= 4 is 11.6 Å². The maximum atomic E-state index is 9.78. The van der Waals surface area contributed by atoms with Crippen LogP contribution in [0.1, 0.15) is 25.3 Å². The number of phenols is 1. The van der Waals surface area contributed by atoms with E-state index < -0.39 is 0 Å². The molecule has 118 valence electrons. The molecule has 0 amide bonds. The van der Waals surface area contributed by atoms with E-state index in [4.69, 9.17) is 16.3 Å². The molecule has 4 nitrogen and oxygen atoms in total. The predicted molar refractivity (Wildman–Crippen MR) is 86.3 cm³/mol. The number of hydrogen-bond acceptors (Lipinski definition) is 4. The topological polar surface area (TPSA) is 35.9 Å². The molecule has 5 heteroatoms. The monoisotopic (exact) mass is 312 g/mol. The van der Waals surface area contributed by atoms with E-state index in [0.717, 1.165) is 25.2 Å². The first-order valence-electron chi connectivity index (χ1n) is 7.53. The van der Waals surface area contributed by atoms with Gasteiger partial charge in [-0.3, -0.25) is 4.90 Å². The van der Waals surface area contributed by atoms with Gasteiger partial charge < -0.3 is 14.7 Å². The summed E-state index contributed by atoms with van der Waals surface area (Å²) < 4.78 is 5.15. The van der Waals surface area contributed by atoms with Crippen LogP contribution in [0.25, 0.3) is 0 Å². The zero-order valence-corrected chi connectivity index (χ0v) is 13.9. The number of likely N-dealkylation sites (N-methyl/N-ethyl adjacent to an activating group) is 2. The largest absolute Gasteiger partial charge is 0.503 e. The summed E-state index contributed by atoms with van der Waals surface area (Å²) >= 11 is 6.04. The fourth-order valence-corrected chi connectivity index (χ4v) is 3.36. The Bertz CT molecular complexity index is 482. The highest BCUT2D eigenvalue weighted by Crippen LogP contribution is 2.35. The van der Waals surface area contributed by atoms with Gasteiger partial charge >= 0.3 is 0 Å². The quantitative estimate of drug-likeness (QED) is 0.876. The Kier molecular flexibility index (Phi) is 5.73. The van der Waals surface area contributed by atoms with Crippen LogP contribution in [0.4, 0.5) is 0 Å². The smallest absolute Gasteiger partial charge is 0.176 e. The van der Waals surface area contributed by atoms with Gasteiger partial charge in [0.05, 0.1) is 12.1 Å². The predicted octanol–water partition coefficient (Wildman–Crippen LogP) is 2.97. The molecule has 1 unspecified atom stereocenters. The molecule has 0 bridgehead atoms. The number of ether oxygens (including phenoxy) is 1. The van der Waals surface area contributed by atoms with Crippen molar-refractivity contribution in [2.75, 3.05) is 33.8 Å². The molecule has 1 aliphatic rings. The van der Waals surface area contributed by atoms with Gasteiger partial charge in [0.25, 0.3) is 0 Å². The Morgan fingerprint density at radius 1 is 1.48 bits per heavy atom. The number of hydrogen-bond donors (Lipinski definition) is 1. The van der Waals surface area contributed by atoms with E-state index in [1.807, 2.05) is 12.1 Å². The zero-order chi connectivity index (χ0) is 15.4. The molecule has 0 aliphatic carbocycles. The second-order valence-electron chi connectivity index (χ2n) is 5.75. The number of likely N-dealkylation sites (tertiary alicyclic amines) is 1. The van der Waals surface area contributed by atoms with Crippen LogP contribution in [0.5, 0.6) is 11.5 Å². The van der Waals surface area contributed by atoms with E-state index in [0.29, 0.717) is 16.8 Å². The minimum absolute atomic E-state index is 0.0125. The molecule has 1 heterocycles. The standard InChI is InChI=1S/C16H25ClN2O2/c1-4-19-7-5-6-13(19)11-18(2)10-12-8-14(17)16(20)15(9-12)21-3/h8-9,13,20H,4-7,10-11H2,1-3H3. The highest BCUT2D eigenvalue weighted by molar-refractivity contribution is 6.32. The molecule has 1 aromatic rings. The number of nitrogens with zero attached hydrogens (tertiary/aromatic N) is 2. The van der Waals surface area contributed by atoms with Gasteiger partial charge in [0.15, 0.2) is 11.5 Å². The number of rotatable bonds is 6. The number of methoxy groups -OCH3 is 1. The van der Waals surface area contributed by atoms with Gasteiger partial charge in [-0.1, -0.05) is 18.5 Å². The van der Waals surface area contributed by atoms with Crippen LogP contribution < -0.4 is 4.74 Å². The Morgan fingerprint density at radius 2 is 2.24 bits per heavy atom. The molecule has 1 aliphatic heterocycles. The van der Waals surface area contributed by atoms with Crippen LogP contribution in [0.3, 0.4) is 0 Å². The third kappa shape index (κ3) is 4.02. The Balaban J connectivity index is 1.99. The lowest BCUT2D eigenvalue weighted by Gasteiger charge is -2.27. The lowest BCUT2D eigenvalue weighted by atomic mass is 10.1. The van der Waals surface area contributed by atoms with Gasteiger partial charge in [-0.2, -0.15) is 0 Å². The Hall–Kier alpha value is -0.970. The van der Waals surface area contributed by atoms with Gasteiger partial charge in [-0.15, -0.1) is 0 Å². The molecule has 1 N–H and O–H groups in total. The fourth-order valence-electron chi connectivity index (χ4n) is 3.13. The minimum atomic E-state index is 0.0125. The summed E-state index contributed by atoms with van der Waals surface area (Å²) in [5.41, 5.74) is 1.05. The first-order valence-corrected chi connectivity index (χ1v) is 7.91. The maximum Gasteiger partial charge on any atom is 0.176 e. The molecule has 21 heavy (non-hydrogen) atoms. The zero-order valence-electron chi connectivity index (χ0n) is 13.1. The summed E-state index contributed by atoms with van der Waals surface area (Å²) in [7, 11) is 3.66. The van der Waals surface area contributed by atoms with Crippen LogP contribution in [0, 0.1) is 0 Å². The highest BCUT2D eigenvalue weighted by Gasteiger charge is 2.24. The first-order chi connectivity index (χ1) is 10.0. The molecule has 0 aromatic heterocycles. The Labute approximate surface area is 132 Å². The average molecular weight is 313 g/mol. The Morgan fingerprint density at radius 3 is 2.90 bits per heavy atom. The van der Waals surface area contributed by atoms with E-state index in [-0.39, 0.29) is 5.75 Å². The number of aromatic hydroxyl groups is 1. The van der Waals surface area contributed by atoms with Gasteiger partial charge in [0, 0.05) is 19.1 Å². The highest BCUT2D eigenvalue weighted by atomic mass is 35.5. The molecule has 2 rings (SSSR count). The molecule has 1 saturated heterocycles. The summed E-state index contributed by atoms with van der Waals surface area (Å²) in [6.07, 6.45) is 2.57. The van der Waals surface area contributed by atoms with Gasteiger partial charge in [-0.05, 0) is 50.7 Å². The molecule has 0 spiro atoms. The average Bonchev–Trinajstić information content (AvgIpc) is 2.89. The lowest BCUT2D eigenvalue weighted by Crippen LogP contribution is -2.38. The summed E-state index contributed by atoms with van der Waals surface area (Å²) in [4.78, 5) is 4.85. The molecule has 1 atom stereocenters. The van der Waals surface area contributed by atoms with E-state index >= 15 is 0 Å². The van der Waals surface area contributed by atoms with Crippen molar-refractivity contribution in [1.29, 1.82) is 0 Å². The van der Waals surface area contributed by atoms with Crippen LogP contribution in [-0.2, 0) is 6.54 Å². The summed E-state index contributed by atoms with van der Waals surface area (Å²) in [5, 5.41) is 10.1. The molecule has 0 radical (unpaired) electrons. The number of phenolic OH excluding ortho intramolecular Hbond substituents is 1.